The third-order valence-corrected chi connectivity index (χ3v) is 12.7. The van der Waals surface area contributed by atoms with Crippen molar-refractivity contribution in [3.05, 3.63) is 216 Å². The monoisotopic (exact) mass is 880 g/mol. The standard InChI is InChI=1S/C59H31F3N6/c60-59(61,62)52-27-38(34-65)15-20-45(52)44-19-24-56(67-53-13-3-1-11-46(53)49-29-42(17-22-55(49)67)40-9-5-7-36(25-40)32-63)51(31-44)48-21-16-39(35-66)28-58(48)68-54-14-4-2-12-47(54)50-30-43(18-23-57(50)68)41-10-6-8-37(26-41)33-64/h1-31H. The molecule has 2 aromatic heterocycles. The summed E-state index contributed by atoms with van der Waals surface area (Å²) in [7, 11) is 0. The number of aromatic nitrogens is 2. The Kier molecular flexibility index (Phi) is 9.72. The third-order valence-electron chi connectivity index (χ3n) is 12.7. The lowest BCUT2D eigenvalue weighted by Crippen LogP contribution is -2.08. The van der Waals surface area contributed by atoms with E-state index in [0.717, 1.165) is 71.9 Å². The highest BCUT2D eigenvalue weighted by molar-refractivity contribution is 6.13. The molecule has 0 radical (unpaired) electrons. The second-order valence-electron chi connectivity index (χ2n) is 16.5. The molecule has 0 saturated carbocycles. The lowest BCUT2D eigenvalue weighted by molar-refractivity contribution is -0.137. The molecular formula is C59H31F3N6. The quantitative estimate of drug-likeness (QED) is 0.166. The molecule has 6 nitrogen and oxygen atoms in total. The van der Waals surface area contributed by atoms with Crippen LogP contribution in [0.2, 0.25) is 0 Å². The Bertz CT molecular complexity index is 4090. The molecule has 0 spiro atoms. The van der Waals surface area contributed by atoms with Gasteiger partial charge in [0.1, 0.15) is 0 Å². The first kappa shape index (κ1) is 41.1. The highest BCUT2D eigenvalue weighted by Gasteiger charge is 2.34. The van der Waals surface area contributed by atoms with Crippen LogP contribution in [0.3, 0.4) is 0 Å². The van der Waals surface area contributed by atoms with Gasteiger partial charge in [-0.25, -0.2) is 0 Å². The van der Waals surface area contributed by atoms with Crippen LogP contribution in [0, 0.1) is 45.3 Å². The van der Waals surface area contributed by atoms with Crippen LogP contribution in [0.15, 0.2) is 188 Å². The molecule has 0 saturated heterocycles. The van der Waals surface area contributed by atoms with Crippen molar-refractivity contribution in [3.8, 4) is 80.2 Å². The summed E-state index contributed by atoms with van der Waals surface area (Å²) in [5.41, 5.74) is 10.1. The Balaban J connectivity index is 1.22. The fourth-order valence-corrected chi connectivity index (χ4v) is 9.59. The molecule has 0 N–H and O–H groups in total. The molecule has 11 rings (SSSR count). The number of halogens is 3. The average Bonchev–Trinajstić information content (AvgIpc) is 3.90. The van der Waals surface area contributed by atoms with E-state index in [2.05, 4.69) is 39.5 Å². The predicted octanol–water partition coefficient (Wildman–Crippen LogP) is 15.1. The van der Waals surface area contributed by atoms with E-state index in [1.165, 1.54) is 12.1 Å². The molecule has 0 aliphatic carbocycles. The van der Waals surface area contributed by atoms with Crippen LogP contribution < -0.4 is 0 Å². The number of nitrogens with zero attached hydrogens (tertiary/aromatic N) is 6. The first-order chi connectivity index (χ1) is 33.1. The molecule has 0 amide bonds. The van der Waals surface area contributed by atoms with Gasteiger partial charge in [-0.3, -0.25) is 0 Å². The molecule has 0 atom stereocenters. The summed E-state index contributed by atoms with van der Waals surface area (Å²) in [4.78, 5) is 0. The Hall–Kier alpha value is -9.67. The molecule has 0 bridgehead atoms. The van der Waals surface area contributed by atoms with Crippen LogP contribution in [0.1, 0.15) is 27.8 Å². The van der Waals surface area contributed by atoms with E-state index in [1.54, 1.807) is 30.3 Å². The zero-order valence-electron chi connectivity index (χ0n) is 35.7. The minimum absolute atomic E-state index is 0.0872. The predicted molar refractivity (Wildman–Crippen MR) is 261 cm³/mol. The second kappa shape index (κ2) is 16.1. The normalized spacial score (nSPS) is 11.4. The fourth-order valence-electron chi connectivity index (χ4n) is 9.59. The van der Waals surface area contributed by atoms with Crippen molar-refractivity contribution < 1.29 is 13.2 Å². The molecule has 11 aromatic rings. The van der Waals surface area contributed by atoms with E-state index in [4.69, 9.17) is 0 Å². The largest absolute Gasteiger partial charge is 0.417 e. The smallest absolute Gasteiger partial charge is 0.309 e. The van der Waals surface area contributed by atoms with Crippen LogP contribution in [-0.2, 0) is 6.18 Å². The van der Waals surface area contributed by atoms with Crippen LogP contribution in [0.5, 0.6) is 0 Å². The maximum atomic E-state index is 15.0. The van der Waals surface area contributed by atoms with Gasteiger partial charge in [-0.15, -0.1) is 0 Å². The van der Waals surface area contributed by atoms with E-state index in [9.17, 15) is 34.2 Å². The number of benzene rings is 9. The Morgan fingerprint density at radius 1 is 0.324 bits per heavy atom. The van der Waals surface area contributed by atoms with E-state index in [0.29, 0.717) is 39.2 Å². The molecule has 0 fully saturated rings. The highest BCUT2D eigenvalue weighted by Crippen LogP contribution is 2.45. The second-order valence-corrected chi connectivity index (χ2v) is 16.5. The summed E-state index contributed by atoms with van der Waals surface area (Å²) in [6.07, 6.45) is -4.77. The molecule has 2 heterocycles. The van der Waals surface area contributed by atoms with Gasteiger partial charge in [-0.05, 0) is 130 Å². The van der Waals surface area contributed by atoms with E-state index >= 15 is 0 Å². The molecule has 318 valence electrons. The van der Waals surface area contributed by atoms with Gasteiger partial charge < -0.3 is 9.13 Å². The number of hydrogen-bond donors (Lipinski definition) is 0. The van der Waals surface area contributed by atoms with Crippen molar-refractivity contribution in [2.75, 3.05) is 0 Å². The van der Waals surface area contributed by atoms with Crippen LogP contribution in [-0.4, -0.2) is 9.13 Å². The van der Waals surface area contributed by atoms with Crippen molar-refractivity contribution in [1.82, 2.24) is 9.13 Å². The molecule has 9 aromatic carbocycles. The number of nitriles is 4. The molecular weight excluding hydrogens is 850 g/mol. The van der Waals surface area contributed by atoms with Gasteiger partial charge in [-0.2, -0.15) is 34.2 Å². The van der Waals surface area contributed by atoms with Gasteiger partial charge in [0.15, 0.2) is 0 Å². The Morgan fingerprint density at radius 2 is 0.779 bits per heavy atom. The van der Waals surface area contributed by atoms with Gasteiger partial charge >= 0.3 is 6.18 Å². The summed E-state index contributed by atoms with van der Waals surface area (Å²) in [5, 5.41) is 43.2. The van der Waals surface area contributed by atoms with Crippen LogP contribution >= 0.6 is 0 Å². The SMILES string of the molecule is N#Cc1cccc(-c2ccc3c(c2)c2ccccc2n3-c2ccc(-c3ccc(C#N)cc3C(F)(F)F)cc2-c2ccc(C#N)cc2-n2c3ccccc3c3cc(-c4cccc(C#N)c4)ccc32)c1. The number of rotatable bonds is 6. The van der Waals surface area contributed by atoms with Gasteiger partial charge in [0.2, 0.25) is 0 Å². The third kappa shape index (κ3) is 6.79. The van der Waals surface area contributed by atoms with E-state index in [1.807, 2.05) is 133 Å². The van der Waals surface area contributed by atoms with Gasteiger partial charge in [0, 0.05) is 32.7 Å². The highest BCUT2D eigenvalue weighted by atomic mass is 19.4. The van der Waals surface area contributed by atoms with Crippen LogP contribution in [0.4, 0.5) is 13.2 Å². The van der Waals surface area contributed by atoms with Crippen molar-refractivity contribution in [2.24, 2.45) is 0 Å². The van der Waals surface area contributed by atoms with Crippen molar-refractivity contribution in [2.45, 2.75) is 6.18 Å². The zero-order valence-corrected chi connectivity index (χ0v) is 35.7. The van der Waals surface area contributed by atoms with E-state index in [-0.39, 0.29) is 16.7 Å². The minimum atomic E-state index is -4.77. The minimum Gasteiger partial charge on any atom is -0.309 e. The topological polar surface area (TPSA) is 105 Å². The number of fused-ring (bicyclic) bond motifs is 6. The molecule has 0 aliphatic heterocycles. The molecule has 68 heavy (non-hydrogen) atoms. The van der Waals surface area contributed by atoms with Crippen molar-refractivity contribution >= 4 is 43.6 Å². The Morgan fingerprint density at radius 3 is 1.32 bits per heavy atom. The summed E-state index contributed by atoms with van der Waals surface area (Å²) in [5.74, 6) is 0. The summed E-state index contributed by atoms with van der Waals surface area (Å²) in [6, 6.07) is 66.0. The summed E-state index contributed by atoms with van der Waals surface area (Å²) >= 11 is 0. The maximum absolute atomic E-state index is 15.0. The summed E-state index contributed by atoms with van der Waals surface area (Å²) < 4.78 is 49.1. The molecule has 9 heteroatoms. The van der Waals surface area contributed by atoms with Gasteiger partial charge in [0.25, 0.3) is 0 Å². The lowest BCUT2D eigenvalue weighted by Gasteiger charge is -2.21. The molecule has 0 aliphatic rings. The average molecular weight is 881 g/mol. The first-order valence-electron chi connectivity index (χ1n) is 21.5. The van der Waals surface area contributed by atoms with Crippen molar-refractivity contribution in [1.29, 1.82) is 21.0 Å². The number of para-hydroxylation sites is 2. The van der Waals surface area contributed by atoms with Crippen molar-refractivity contribution in [3.63, 3.8) is 0 Å². The molecule has 0 unspecified atom stereocenters. The van der Waals surface area contributed by atoms with Crippen LogP contribution in [0.25, 0.3) is 99.5 Å². The number of hydrogen-bond acceptors (Lipinski definition) is 4. The van der Waals surface area contributed by atoms with Gasteiger partial charge in [-0.1, -0.05) is 91.0 Å². The summed E-state index contributed by atoms with van der Waals surface area (Å²) in [6.45, 7) is 0. The van der Waals surface area contributed by atoms with Gasteiger partial charge in [0.05, 0.1) is 85.5 Å². The lowest BCUT2D eigenvalue weighted by atomic mass is 9.92. The maximum Gasteiger partial charge on any atom is 0.417 e. The number of alkyl halides is 3. The first-order valence-corrected chi connectivity index (χ1v) is 21.5. The fraction of sp³-hybridized carbons (Fsp3) is 0.0169. The Labute approximate surface area is 387 Å². The van der Waals surface area contributed by atoms with E-state index < -0.39 is 11.7 Å². The zero-order chi connectivity index (χ0) is 46.7.